The molecule has 0 bridgehead atoms. The van der Waals surface area contributed by atoms with Crippen molar-refractivity contribution in [2.45, 2.75) is 10.1 Å². The zero-order valence-electron chi connectivity index (χ0n) is 6.71. The molecule has 0 aliphatic carbocycles. The Kier molecular flexibility index (Phi) is 3.04. The van der Waals surface area contributed by atoms with E-state index in [-0.39, 0.29) is 0 Å². The smallest absolute Gasteiger partial charge is 0.229 e. The Balaban J connectivity index is 2.41. The fraction of sp³-hybridized carbons (Fsp3) is 0.125. The van der Waals surface area contributed by atoms with Gasteiger partial charge in [-0.3, -0.25) is 0 Å². The van der Waals surface area contributed by atoms with Crippen LogP contribution in [0.3, 0.4) is 0 Å². The first-order valence-electron chi connectivity index (χ1n) is 3.66. The van der Waals surface area contributed by atoms with Crippen LogP contribution >= 0.6 is 39.0 Å². The van der Waals surface area contributed by atoms with Gasteiger partial charge in [-0.2, -0.15) is 8.78 Å². The lowest BCUT2D eigenvalue weighted by molar-refractivity contribution is 0.252. The van der Waals surface area contributed by atoms with Crippen LogP contribution in [0.2, 0.25) is 0 Å². The van der Waals surface area contributed by atoms with Crippen LogP contribution in [0.5, 0.6) is 0 Å². The Labute approximate surface area is 95.7 Å². The van der Waals surface area contributed by atoms with E-state index in [4.69, 9.17) is 0 Å². The van der Waals surface area contributed by atoms with Crippen molar-refractivity contribution < 1.29 is 8.78 Å². The number of fused-ring (bicyclic) bond motifs is 1. The van der Waals surface area contributed by atoms with Crippen molar-refractivity contribution in [1.29, 1.82) is 0 Å². The predicted octanol–water partition coefficient (Wildman–Crippen LogP) is 4.37. The van der Waals surface area contributed by atoms with Gasteiger partial charge in [-0.15, -0.1) is 11.3 Å². The van der Waals surface area contributed by atoms with Gasteiger partial charge in [0, 0.05) is 4.47 Å². The van der Waals surface area contributed by atoms with Gasteiger partial charge in [-0.1, -0.05) is 15.9 Å². The third-order valence-electron chi connectivity index (χ3n) is 1.52. The minimum atomic E-state index is -2.40. The summed E-state index contributed by atoms with van der Waals surface area (Å²) in [5.74, 6) is -2.40. The SMILES string of the molecule is FC(F)Sc1nc2ccc(Br)cc2s1. The van der Waals surface area contributed by atoms with E-state index >= 15 is 0 Å². The summed E-state index contributed by atoms with van der Waals surface area (Å²) in [5, 5.41) is 0. The van der Waals surface area contributed by atoms with Gasteiger partial charge in [0.25, 0.3) is 5.76 Å². The van der Waals surface area contributed by atoms with Crippen LogP contribution in [-0.4, -0.2) is 10.7 Å². The van der Waals surface area contributed by atoms with Crippen LogP contribution in [0.1, 0.15) is 0 Å². The highest BCUT2D eigenvalue weighted by Crippen LogP contribution is 2.33. The quantitative estimate of drug-likeness (QED) is 0.763. The van der Waals surface area contributed by atoms with Crippen LogP contribution in [0.25, 0.3) is 10.2 Å². The summed E-state index contributed by atoms with van der Waals surface area (Å²) in [4.78, 5) is 4.07. The van der Waals surface area contributed by atoms with Gasteiger partial charge in [-0.25, -0.2) is 4.98 Å². The standard InChI is InChI=1S/C8H4BrF2NS2/c9-4-1-2-5-6(3-4)13-8(12-5)14-7(10)11/h1-3,7H. The van der Waals surface area contributed by atoms with Crippen molar-refractivity contribution in [3.8, 4) is 0 Å². The molecular formula is C8H4BrF2NS2. The molecule has 0 saturated carbocycles. The number of benzene rings is 1. The number of nitrogens with zero attached hydrogens (tertiary/aromatic N) is 1. The maximum absolute atomic E-state index is 12.0. The normalized spacial score (nSPS) is 11.4. The molecule has 0 atom stereocenters. The lowest BCUT2D eigenvalue weighted by atomic mass is 10.3. The summed E-state index contributed by atoms with van der Waals surface area (Å²) in [7, 11) is 0. The molecule has 2 aromatic rings. The first-order chi connectivity index (χ1) is 6.65. The maximum Gasteiger partial charge on any atom is 0.291 e. The molecule has 0 aliphatic heterocycles. The third-order valence-corrected chi connectivity index (χ3v) is 3.84. The van der Waals surface area contributed by atoms with Gasteiger partial charge >= 0.3 is 0 Å². The van der Waals surface area contributed by atoms with Crippen LogP contribution in [0, 0.1) is 0 Å². The van der Waals surface area contributed by atoms with E-state index < -0.39 is 5.76 Å². The zero-order valence-corrected chi connectivity index (χ0v) is 9.93. The zero-order chi connectivity index (χ0) is 10.1. The van der Waals surface area contributed by atoms with E-state index in [9.17, 15) is 8.78 Å². The van der Waals surface area contributed by atoms with Gasteiger partial charge < -0.3 is 0 Å². The van der Waals surface area contributed by atoms with E-state index in [0.29, 0.717) is 16.1 Å². The average Bonchev–Trinajstić information content (AvgIpc) is 2.44. The second kappa shape index (κ2) is 4.12. The van der Waals surface area contributed by atoms with Gasteiger partial charge in [-0.05, 0) is 30.0 Å². The molecular weight excluding hydrogens is 292 g/mol. The Morgan fingerprint density at radius 1 is 1.43 bits per heavy atom. The number of halogens is 3. The van der Waals surface area contributed by atoms with Crippen LogP contribution in [0.15, 0.2) is 27.0 Å². The molecule has 74 valence electrons. The summed E-state index contributed by atoms with van der Waals surface area (Å²) in [6, 6.07) is 5.53. The van der Waals surface area contributed by atoms with Crippen LogP contribution in [-0.2, 0) is 0 Å². The Hall–Kier alpha value is -0.200. The van der Waals surface area contributed by atoms with Crippen molar-refractivity contribution >= 4 is 49.2 Å². The molecule has 6 heteroatoms. The van der Waals surface area contributed by atoms with Gasteiger partial charge in [0.05, 0.1) is 10.2 Å². The molecule has 1 aromatic heterocycles. The number of alkyl halides is 2. The summed E-state index contributed by atoms with van der Waals surface area (Å²) >= 11 is 5.09. The van der Waals surface area contributed by atoms with Crippen LogP contribution in [0.4, 0.5) is 8.78 Å². The Morgan fingerprint density at radius 3 is 2.93 bits per heavy atom. The van der Waals surface area contributed by atoms with Gasteiger partial charge in [0.1, 0.15) is 0 Å². The molecule has 0 radical (unpaired) electrons. The minimum Gasteiger partial charge on any atom is -0.229 e. The maximum atomic E-state index is 12.0. The van der Waals surface area contributed by atoms with Crippen LogP contribution < -0.4 is 0 Å². The van der Waals surface area contributed by atoms with Gasteiger partial charge in [0.15, 0.2) is 4.34 Å². The highest BCUT2D eigenvalue weighted by molar-refractivity contribution is 9.10. The molecule has 0 N–H and O–H groups in total. The van der Waals surface area contributed by atoms with E-state index in [1.54, 1.807) is 0 Å². The minimum absolute atomic E-state index is 0.410. The Bertz CT molecular complexity index is 458. The molecule has 0 fully saturated rings. The number of thiazole rings is 1. The third kappa shape index (κ3) is 2.24. The number of thioether (sulfide) groups is 1. The second-order valence-electron chi connectivity index (χ2n) is 2.47. The van der Waals surface area contributed by atoms with E-state index in [2.05, 4.69) is 20.9 Å². The fourth-order valence-corrected chi connectivity index (χ4v) is 3.24. The molecule has 0 unspecified atom stereocenters. The molecule has 0 aliphatic rings. The summed E-state index contributed by atoms with van der Waals surface area (Å²) in [5.41, 5.74) is 0.765. The van der Waals surface area contributed by atoms with E-state index in [0.717, 1.165) is 14.7 Å². The van der Waals surface area contributed by atoms with E-state index in [1.807, 2.05) is 18.2 Å². The second-order valence-corrected chi connectivity index (χ2v) is 5.65. The highest BCUT2D eigenvalue weighted by atomic mass is 79.9. The molecule has 0 amide bonds. The number of hydrogen-bond acceptors (Lipinski definition) is 3. The molecule has 14 heavy (non-hydrogen) atoms. The largest absolute Gasteiger partial charge is 0.291 e. The first-order valence-corrected chi connectivity index (χ1v) is 6.15. The fourth-order valence-electron chi connectivity index (χ4n) is 1.00. The summed E-state index contributed by atoms with van der Waals surface area (Å²) in [6.45, 7) is 0. The average molecular weight is 296 g/mol. The lowest BCUT2D eigenvalue weighted by Crippen LogP contribution is -1.78. The number of hydrogen-bond donors (Lipinski definition) is 0. The van der Waals surface area contributed by atoms with Crippen molar-refractivity contribution in [1.82, 2.24) is 4.98 Å². The molecule has 0 saturated heterocycles. The Morgan fingerprint density at radius 2 is 2.21 bits per heavy atom. The van der Waals surface area contributed by atoms with Gasteiger partial charge in [0.2, 0.25) is 0 Å². The highest BCUT2D eigenvalue weighted by Gasteiger charge is 2.10. The summed E-state index contributed by atoms with van der Waals surface area (Å²) in [6.07, 6.45) is 0. The molecule has 2 rings (SSSR count). The van der Waals surface area contributed by atoms with E-state index in [1.165, 1.54) is 11.3 Å². The number of rotatable bonds is 2. The topological polar surface area (TPSA) is 12.9 Å². The molecule has 1 nitrogen and oxygen atoms in total. The first kappa shape index (κ1) is 10.3. The predicted molar refractivity (Wildman–Crippen MR) is 59.2 cm³/mol. The molecule has 1 aromatic carbocycles. The molecule has 0 spiro atoms. The van der Waals surface area contributed by atoms with Crippen molar-refractivity contribution in [2.24, 2.45) is 0 Å². The summed E-state index contributed by atoms with van der Waals surface area (Å²) < 4.78 is 26.4. The lowest BCUT2D eigenvalue weighted by Gasteiger charge is -1.90. The molecule has 1 heterocycles. The van der Waals surface area contributed by atoms with Crippen molar-refractivity contribution in [2.75, 3.05) is 0 Å². The van der Waals surface area contributed by atoms with Crippen molar-refractivity contribution in [3.05, 3.63) is 22.7 Å². The monoisotopic (exact) mass is 295 g/mol. The van der Waals surface area contributed by atoms with Crippen molar-refractivity contribution in [3.63, 3.8) is 0 Å². The number of aromatic nitrogens is 1.